The van der Waals surface area contributed by atoms with E-state index in [4.69, 9.17) is 4.98 Å². The number of hydrogen-bond acceptors (Lipinski definition) is 1. The van der Waals surface area contributed by atoms with Gasteiger partial charge in [0, 0.05) is 6.20 Å². The van der Waals surface area contributed by atoms with E-state index in [9.17, 15) is 0 Å². The van der Waals surface area contributed by atoms with Gasteiger partial charge in [0.1, 0.15) is 5.52 Å². The van der Waals surface area contributed by atoms with Crippen LogP contribution in [0.4, 0.5) is 0 Å². The fourth-order valence-electron chi connectivity index (χ4n) is 4.78. The zero-order valence-corrected chi connectivity index (χ0v) is 18.1. The Morgan fingerprint density at radius 1 is 0.897 bits per heavy atom. The zero-order chi connectivity index (χ0) is 20.4. The molecule has 0 saturated carbocycles. The van der Waals surface area contributed by atoms with Gasteiger partial charge in [0.25, 0.3) is 5.65 Å². The number of aromatic nitrogens is 3. The lowest BCUT2D eigenvalue weighted by molar-refractivity contribution is -0.617. The van der Waals surface area contributed by atoms with Crippen molar-refractivity contribution < 1.29 is 4.57 Å². The quantitative estimate of drug-likeness (QED) is 0.264. The lowest BCUT2D eigenvalue weighted by Gasteiger charge is -2.12. The zero-order valence-electron chi connectivity index (χ0n) is 18.1. The predicted octanol–water partition coefficient (Wildman–Crippen LogP) is 6.17. The lowest BCUT2D eigenvalue weighted by atomic mass is 9.95. The van der Waals surface area contributed by atoms with E-state index in [2.05, 4.69) is 93.1 Å². The van der Waals surface area contributed by atoms with Crippen molar-refractivity contribution in [1.29, 1.82) is 0 Å². The van der Waals surface area contributed by atoms with E-state index in [-0.39, 0.29) is 0 Å². The number of rotatable bonds is 2. The highest BCUT2D eigenvalue weighted by Gasteiger charge is 2.26. The van der Waals surface area contributed by atoms with Gasteiger partial charge in [-0.05, 0) is 59.7 Å². The van der Waals surface area contributed by atoms with Crippen molar-refractivity contribution in [3.05, 3.63) is 65.4 Å². The molecule has 146 valence electrons. The molecule has 3 aromatic heterocycles. The SMILES string of the molecule is Cc1ccnc2c3c(C(C)C)cccc3n3c4cc(C(C)C)ccc4[n+](C)c3c12. The largest absolute Gasteiger partial charge is 0.297 e. The molecule has 0 fully saturated rings. The van der Waals surface area contributed by atoms with E-state index in [1.54, 1.807) is 0 Å². The summed E-state index contributed by atoms with van der Waals surface area (Å²) in [7, 11) is 2.18. The number of pyridine rings is 2. The molecule has 0 spiro atoms. The van der Waals surface area contributed by atoms with Gasteiger partial charge in [0.15, 0.2) is 11.0 Å². The molecule has 5 aromatic rings. The van der Waals surface area contributed by atoms with Gasteiger partial charge in [-0.15, -0.1) is 0 Å². The van der Waals surface area contributed by atoms with E-state index in [1.165, 1.54) is 49.7 Å². The first-order valence-corrected chi connectivity index (χ1v) is 10.5. The summed E-state index contributed by atoms with van der Waals surface area (Å²) in [4.78, 5) is 4.89. The molecular formula is C26H28N3+. The molecule has 0 radical (unpaired) electrons. The van der Waals surface area contributed by atoms with Crippen LogP contribution in [-0.2, 0) is 7.05 Å². The van der Waals surface area contributed by atoms with Crippen LogP contribution in [0, 0.1) is 6.92 Å². The number of nitrogens with zero attached hydrogens (tertiary/aromatic N) is 3. The first-order chi connectivity index (χ1) is 13.9. The highest BCUT2D eigenvalue weighted by Crippen LogP contribution is 2.36. The van der Waals surface area contributed by atoms with Crippen molar-refractivity contribution >= 4 is 38.5 Å². The van der Waals surface area contributed by atoms with Crippen LogP contribution in [0.15, 0.2) is 48.7 Å². The highest BCUT2D eigenvalue weighted by atomic mass is 15.1. The third-order valence-corrected chi connectivity index (χ3v) is 6.36. The summed E-state index contributed by atoms with van der Waals surface area (Å²) in [5, 5.41) is 2.53. The molecule has 0 aliphatic rings. The molecule has 5 rings (SSSR count). The summed E-state index contributed by atoms with van der Waals surface area (Å²) in [6.45, 7) is 11.3. The molecule has 0 N–H and O–H groups in total. The lowest BCUT2D eigenvalue weighted by Crippen LogP contribution is -2.27. The fraction of sp³-hybridized carbons (Fsp3) is 0.308. The maximum Gasteiger partial charge on any atom is 0.297 e. The third kappa shape index (κ3) is 2.43. The van der Waals surface area contributed by atoms with Gasteiger partial charge in [-0.2, -0.15) is 4.40 Å². The van der Waals surface area contributed by atoms with Crippen LogP contribution in [0.3, 0.4) is 0 Å². The van der Waals surface area contributed by atoms with Crippen LogP contribution in [0.2, 0.25) is 0 Å². The Morgan fingerprint density at radius 2 is 1.69 bits per heavy atom. The van der Waals surface area contributed by atoms with Crippen LogP contribution in [0.1, 0.15) is 56.2 Å². The first-order valence-electron chi connectivity index (χ1n) is 10.5. The van der Waals surface area contributed by atoms with Crippen molar-refractivity contribution in [2.24, 2.45) is 7.05 Å². The molecule has 0 aliphatic heterocycles. The minimum absolute atomic E-state index is 0.434. The number of hydrogen-bond donors (Lipinski definition) is 0. The maximum absolute atomic E-state index is 4.89. The molecule has 0 bridgehead atoms. The molecule has 0 unspecified atom stereocenters. The van der Waals surface area contributed by atoms with Crippen LogP contribution in [0.5, 0.6) is 0 Å². The van der Waals surface area contributed by atoms with Gasteiger partial charge < -0.3 is 0 Å². The minimum atomic E-state index is 0.434. The third-order valence-electron chi connectivity index (χ3n) is 6.36. The number of aryl methyl sites for hydroxylation is 2. The summed E-state index contributed by atoms with van der Waals surface area (Å²) in [6.07, 6.45) is 1.95. The second-order valence-corrected chi connectivity index (χ2v) is 8.87. The minimum Gasteiger partial charge on any atom is -0.255 e. The summed E-state index contributed by atoms with van der Waals surface area (Å²) in [5.41, 5.74) is 10.1. The predicted molar refractivity (Wildman–Crippen MR) is 122 cm³/mol. The van der Waals surface area contributed by atoms with Gasteiger partial charge in [0.2, 0.25) is 0 Å². The monoisotopic (exact) mass is 382 g/mol. The molecule has 0 amide bonds. The molecule has 29 heavy (non-hydrogen) atoms. The molecule has 3 nitrogen and oxygen atoms in total. The molecule has 0 saturated heterocycles. The number of benzene rings is 2. The van der Waals surface area contributed by atoms with Gasteiger partial charge in [0.05, 0.1) is 23.3 Å². The molecular weight excluding hydrogens is 354 g/mol. The van der Waals surface area contributed by atoms with E-state index >= 15 is 0 Å². The normalized spacial score (nSPS) is 12.4. The number of fused-ring (bicyclic) bond motifs is 8. The van der Waals surface area contributed by atoms with Crippen LogP contribution >= 0.6 is 0 Å². The van der Waals surface area contributed by atoms with E-state index < -0.39 is 0 Å². The Bertz CT molecular complexity index is 1420. The average Bonchev–Trinajstić information content (AvgIpc) is 3.00. The summed E-state index contributed by atoms with van der Waals surface area (Å²) in [5.74, 6) is 0.931. The molecule has 0 atom stereocenters. The smallest absolute Gasteiger partial charge is 0.255 e. The fourth-order valence-corrected chi connectivity index (χ4v) is 4.78. The Morgan fingerprint density at radius 3 is 2.41 bits per heavy atom. The van der Waals surface area contributed by atoms with Gasteiger partial charge in [-0.25, -0.2) is 4.57 Å². The van der Waals surface area contributed by atoms with Gasteiger partial charge in [-0.3, -0.25) is 4.98 Å². The Hall–Kier alpha value is -2.94. The Balaban J connectivity index is 2.18. The van der Waals surface area contributed by atoms with E-state index in [0.717, 1.165) is 5.52 Å². The van der Waals surface area contributed by atoms with Crippen LogP contribution in [-0.4, -0.2) is 9.38 Å². The maximum atomic E-state index is 4.89. The van der Waals surface area contributed by atoms with Crippen LogP contribution < -0.4 is 4.57 Å². The molecule has 2 aromatic carbocycles. The van der Waals surface area contributed by atoms with Crippen molar-refractivity contribution in [3.8, 4) is 0 Å². The standard InChI is InChI=1S/C26H28N3/c1-15(2)18-10-11-20-22(14-18)29-21-9-7-8-19(16(3)4)24(21)25-23(26(29)28(20)6)17(5)12-13-27-25/h7-16H,1-6H3/q+1. The second-order valence-electron chi connectivity index (χ2n) is 8.87. The molecule has 3 heteroatoms. The molecule has 0 aliphatic carbocycles. The van der Waals surface area contributed by atoms with Crippen molar-refractivity contribution in [2.45, 2.75) is 46.5 Å². The van der Waals surface area contributed by atoms with Crippen molar-refractivity contribution in [3.63, 3.8) is 0 Å². The Labute approximate surface area is 171 Å². The number of imidazole rings is 1. The topological polar surface area (TPSA) is 21.2 Å². The van der Waals surface area contributed by atoms with Crippen molar-refractivity contribution in [2.75, 3.05) is 0 Å². The summed E-state index contributed by atoms with van der Waals surface area (Å²) < 4.78 is 4.79. The first kappa shape index (κ1) is 18.1. The van der Waals surface area contributed by atoms with Crippen LogP contribution in [0.25, 0.3) is 38.5 Å². The summed E-state index contributed by atoms with van der Waals surface area (Å²) >= 11 is 0. The summed E-state index contributed by atoms with van der Waals surface area (Å²) in [6, 6.07) is 15.7. The second kappa shape index (κ2) is 6.28. The van der Waals surface area contributed by atoms with E-state index in [1.807, 2.05) is 6.20 Å². The van der Waals surface area contributed by atoms with Crippen molar-refractivity contribution in [1.82, 2.24) is 9.38 Å². The van der Waals surface area contributed by atoms with E-state index in [0.29, 0.717) is 11.8 Å². The Kier molecular flexibility index (Phi) is 3.92. The van der Waals surface area contributed by atoms with Gasteiger partial charge >= 0.3 is 0 Å². The molecule has 3 heterocycles. The average molecular weight is 383 g/mol. The highest BCUT2D eigenvalue weighted by molar-refractivity contribution is 6.13. The van der Waals surface area contributed by atoms with Gasteiger partial charge in [-0.1, -0.05) is 45.9 Å².